The summed E-state index contributed by atoms with van der Waals surface area (Å²) in [5.74, 6) is 0.585. The molecule has 2 N–H and O–H groups in total. The van der Waals surface area contributed by atoms with E-state index in [1.165, 1.54) is 0 Å². The third-order valence-electron chi connectivity index (χ3n) is 7.13. The van der Waals surface area contributed by atoms with E-state index < -0.39 is 5.60 Å². The summed E-state index contributed by atoms with van der Waals surface area (Å²) in [5, 5.41) is 13.8. The van der Waals surface area contributed by atoms with Gasteiger partial charge < -0.3 is 15.2 Å². The number of rotatable bonds is 8. The molecule has 194 valence electrons. The Morgan fingerprint density at radius 1 is 1.08 bits per heavy atom. The number of aromatic nitrogens is 2. The van der Waals surface area contributed by atoms with Crippen LogP contribution in [0.15, 0.2) is 77.8 Å². The summed E-state index contributed by atoms with van der Waals surface area (Å²) in [6, 6.07) is 21.4. The van der Waals surface area contributed by atoms with Crippen molar-refractivity contribution < 1.29 is 14.6 Å². The molecule has 38 heavy (non-hydrogen) atoms. The molecule has 0 aliphatic heterocycles. The van der Waals surface area contributed by atoms with Crippen LogP contribution in [0.3, 0.4) is 0 Å². The SMILES string of the molecule is COc1ccc(-c2ccnc(CNC(=O)c3ccc(C)c(SC)c3)c2)cc1-c1cccc(C2(O)CCC2)n1. The molecular formula is C31H31N3O3S. The third kappa shape index (κ3) is 5.30. The van der Waals surface area contributed by atoms with E-state index >= 15 is 0 Å². The lowest BCUT2D eigenvalue weighted by Crippen LogP contribution is -2.34. The molecule has 0 saturated heterocycles. The number of aliphatic hydroxyl groups is 1. The Labute approximate surface area is 227 Å². The number of aryl methyl sites for hydroxylation is 1. The van der Waals surface area contributed by atoms with Crippen LogP contribution in [0.2, 0.25) is 0 Å². The van der Waals surface area contributed by atoms with Crippen molar-refractivity contribution in [2.45, 2.75) is 43.2 Å². The van der Waals surface area contributed by atoms with Crippen molar-refractivity contribution in [3.8, 4) is 28.1 Å². The quantitative estimate of drug-likeness (QED) is 0.269. The predicted molar refractivity (Wildman–Crippen MR) is 151 cm³/mol. The number of hydrogen-bond acceptors (Lipinski definition) is 6. The van der Waals surface area contributed by atoms with E-state index in [2.05, 4.69) is 10.3 Å². The van der Waals surface area contributed by atoms with Crippen molar-refractivity contribution in [3.05, 3.63) is 95.4 Å². The largest absolute Gasteiger partial charge is 0.496 e. The highest BCUT2D eigenvalue weighted by atomic mass is 32.2. The average Bonchev–Trinajstić information content (AvgIpc) is 2.94. The van der Waals surface area contributed by atoms with Gasteiger partial charge in [-0.15, -0.1) is 11.8 Å². The molecule has 0 unspecified atom stereocenters. The molecular weight excluding hydrogens is 494 g/mol. The van der Waals surface area contributed by atoms with E-state index in [1.807, 2.05) is 79.9 Å². The molecule has 2 aromatic carbocycles. The highest BCUT2D eigenvalue weighted by Gasteiger charge is 2.37. The van der Waals surface area contributed by atoms with Crippen LogP contribution in [0.5, 0.6) is 5.75 Å². The molecule has 0 atom stereocenters. The molecule has 1 amide bonds. The highest BCUT2D eigenvalue weighted by Crippen LogP contribution is 2.41. The van der Waals surface area contributed by atoms with E-state index in [4.69, 9.17) is 9.72 Å². The van der Waals surface area contributed by atoms with Gasteiger partial charge in [0.25, 0.3) is 5.91 Å². The van der Waals surface area contributed by atoms with Gasteiger partial charge in [0.15, 0.2) is 0 Å². The van der Waals surface area contributed by atoms with Crippen LogP contribution in [-0.2, 0) is 12.1 Å². The van der Waals surface area contributed by atoms with Gasteiger partial charge in [0.05, 0.1) is 30.7 Å². The van der Waals surface area contributed by atoms with Gasteiger partial charge in [-0.05, 0) is 97.7 Å². The average molecular weight is 526 g/mol. The summed E-state index contributed by atoms with van der Waals surface area (Å²) in [5.41, 5.74) is 5.99. The van der Waals surface area contributed by atoms with Crippen LogP contribution in [0.4, 0.5) is 0 Å². The second-order valence-electron chi connectivity index (χ2n) is 9.61. The zero-order valence-electron chi connectivity index (χ0n) is 21.8. The van der Waals surface area contributed by atoms with E-state index in [9.17, 15) is 9.90 Å². The molecule has 5 rings (SSSR count). The van der Waals surface area contributed by atoms with Crippen molar-refractivity contribution in [3.63, 3.8) is 0 Å². The van der Waals surface area contributed by atoms with Gasteiger partial charge in [0.2, 0.25) is 0 Å². The lowest BCUT2D eigenvalue weighted by Gasteiger charge is -2.36. The van der Waals surface area contributed by atoms with Crippen molar-refractivity contribution in [1.82, 2.24) is 15.3 Å². The molecule has 0 spiro atoms. The molecule has 1 saturated carbocycles. The Morgan fingerprint density at radius 3 is 2.63 bits per heavy atom. The van der Waals surface area contributed by atoms with Gasteiger partial charge in [0, 0.05) is 22.2 Å². The molecule has 0 bridgehead atoms. The van der Waals surface area contributed by atoms with Crippen LogP contribution in [0.1, 0.15) is 46.6 Å². The fourth-order valence-corrected chi connectivity index (χ4v) is 5.32. The number of nitrogens with zero attached hydrogens (tertiary/aromatic N) is 2. The summed E-state index contributed by atoms with van der Waals surface area (Å²) >= 11 is 1.63. The van der Waals surface area contributed by atoms with Gasteiger partial charge in [-0.2, -0.15) is 0 Å². The van der Waals surface area contributed by atoms with Gasteiger partial charge in [-0.3, -0.25) is 9.78 Å². The van der Waals surface area contributed by atoms with Crippen LogP contribution in [-0.4, -0.2) is 34.3 Å². The van der Waals surface area contributed by atoms with Crippen LogP contribution in [0.25, 0.3) is 22.4 Å². The van der Waals surface area contributed by atoms with Gasteiger partial charge in [0.1, 0.15) is 11.4 Å². The molecule has 7 heteroatoms. The lowest BCUT2D eigenvalue weighted by atomic mass is 9.77. The van der Waals surface area contributed by atoms with Crippen LogP contribution >= 0.6 is 11.8 Å². The van der Waals surface area contributed by atoms with Crippen molar-refractivity contribution in [2.24, 2.45) is 0 Å². The number of thioether (sulfide) groups is 1. The number of methoxy groups -OCH3 is 1. The number of carbonyl (C=O) groups is 1. The van der Waals surface area contributed by atoms with Gasteiger partial charge in [-0.1, -0.05) is 18.2 Å². The Bertz CT molecular complexity index is 1480. The first-order valence-electron chi connectivity index (χ1n) is 12.7. The van der Waals surface area contributed by atoms with Crippen molar-refractivity contribution in [2.75, 3.05) is 13.4 Å². The van der Waals surface area contributed by atoms with Crippen LogP contribution < -0.4 is 10.1 Å². The minimum Gasteiger partial charge on any atom is -0.496 e. The first-order chi connectivity index (χ1) is 18.4. The monoisotopic (exact) mass is 525 g/mol. The summed E-state index contributed by atoms with van der Waals surface area (Å²) in [7, 11) is 1.64. The van der Waals surface area contributed by atoms with E-state index in [0.29, 0.717) is 23.6 Å². The number of hydrogen-bond donors (Lipinski definition) is 2. The first kappa shape index (κ1) is 25.9. The second-order valence-corrected chi connectivity index (χ2v) is 10.5. The number of ether oxygens (including phenoxy) is 1. The normalized spacial score (nSPS) is 14.0. The molecule has 6 nitrogen and oxygen atoms in total. The predicted octanol–water partition coefficient (Wildman–Crippen LogP) is 6.15. The lowest BCUT2D eigenvalue weighted by molar-refractivity contribution is -0.0425. The van der Waals surface area contributed by atoms with Crippen molar-refractivity contribution in [1.29, 1.82) is 0 Å². The minimum atomic E-state index is -0.833. The number of benzene rings is 2. The smallest absolute Gasteiger partial charge is 0.251 e. The summed E-state index contributed by atoms with van der Waals surface area (Å²) in [6.07, 6.45) is 6.24. The maximum Gasteiger partial charge on any atom is 0.251 e. The minimum absolute atomic E-state index is 0.127. The fraction of sp³-hybridized carbons (Fsp3) is 0.258. The highest BCUT2D eigenvalue weighted by molar-refractivity contribution is 7.98. The first-order valence-corrected chi connectivity index (χ1v) is 13.9. The Balaban J connectivity index is 1.38. The molecule has 0 radical (unpaired) electrons. The Hall–Kier alpha value is -3.68. The maximum atomic E-state index is 12.8. The second kappa shape index (κ2) is 11.0. The molecule has 1 aliphatic carbocycles. The molecule has 1 aliphatic rings. The standard InChI is InChI=1S/C31H31N3O3S/c1-20-8-9-23(18-28(20)38-3)30(35)33-19-24-16-22(12-15-32-24)21-10-11-27(37-2)25(17-21)26-6-4-7-29(34-26)31(36)13-5-14-31/h4,6-12,15-18,36H,5,13-14,19H2,1-3H3,(H,33,35). The van der Waals surface area contributed by atoms with E-state index in [-0.39, 0.29) is 5.91 Å². The van der Waals surface area contributed by atoms with E-state index in [1.54, 1.807) is 25.1 Å². The Kier molecular flexibility index (Phi) is 7.49. The molecule has 2 heterocycles. The summed E-state index contributed by atoms with van der Waals surface area (Å²) < 4.78 is 5.65. The summed E-state index contributed by atoms with van der Waals surface area (Å²) in [4.78, 5) is 23.1. The topological polar surface area (TPSA) is 84.3 Å². The summed E-state index contributed by atoms with van der Waals surface area (Å²) in [6.45, 7) is 2.36. The number of nitrogens with one attached hydrogen (secondary N) is 1. The van der Waals surface area contributed by atoms with Gasteiger partial charge >= 0.3 is 0 Å². The number of carbonyl (C=O) groups excluding carboxylic acids is 1. The fourth-order valence-electron chi connectivity index (χ4n) is 4.69. The number of pyridine rings is 2. The van der Waals surface area contributed by atoms with Crippen LogP contribution in [0, 0.1) is 6.92 Å². The van der Waals surface area contributed by atoms with E-state index in [0.717, 1.165) is 57.8 Å². The molecule has 1 fully saturated rings. The molecule has 4 aromatic rings. The Morgan fingerprint density at radius 2 is 1.89 bits per heavy atom. The van der Waals surface area contributed by atoms with Gasteiger partial charge in [-0.25, -0.2) is 4.98 Å². The third-order valence-corrected chi connectivity index (χ3v) is 8.01. The van der Waals surface area contributed by atoms with Crippen molar-refractivity contribution >= 4 is 17.7 Å². The zero-order chi connectivity index (χ0) is 26.7. The zero-order valence-corrected chi connectivity index (χ0v) is 22.6. The maximum absolute atomic E-state index is 12.8. The number of amides is 1. The molecule has 2 aromatic heterocycles.